The van der Waals surface area contributed by atoms with Crippen molar-refractivity contribution >= 4 is 5.96 Å². The van der Waals surface area contributed by atoms with Gasteiger partial charge in [-0.05, 0) is 26.7 Å². The molecule has 0 saturated carbocycles. The molecule has 1 rings (SSSR count). The molecule has 0 aliphatic rings. The first-order chi connectivity index (χ1) is 11.6. The molecule has 2 unspecified atom stereocenters. The second kappa shape index (κ2) is 11.9. The van der Waals surface area contributed by atoms with Crippen LogP contribution in [0.3, 0.4) is 0 Å². The van der Waals surface area contributed by atoms with Crippen molar-refractivity contribution in [1.29, 1.82) is 0 Å². The number of nitrogens with zero attached hydrogens (tertiary/aromatic N) is 4. The summed E-state index contributed by atoms with van der Waals surface area (Å²) in [5, 5.41) is 15.1. The van der Waals surface area contributed by atoms with E-state index in [1.54, 1.807) is 6.33 Å². The lowest BCUT2D eigenvalue weighted by Crippen LogP contribution is -2.45. The van der Waals surface area contributed by atoms with Gasteiger partial charge < -0.3 is 15.2 Å². The average Bonchev–Trinajstić information content (AvgIpc) is 3.02. The predicted molar refractivity (Wildman–Crippen MR) is 101 cm³/mol. The zero-order chi connectivity index (χ0) is 17.8. The number of hydrogen-bond donors (Lipinski definition) is 2. The maximum Gasteiger partial charge on any atom is 0.191 e. The third kappa shape index (κ3) is 7.79. The van der Waals surface area contributed by atoms with Gasteiger partial charge in [-0.15, -0.1) is 10.2 Å². The monoisotopic (exact) mass is 336 g/mol. The van der Waals surface area contributed by atoms with Gasteiger partial charge in [-0.3, -0.25) is 4.99 Å². The molecule has 0 spiro atoms. The highest BCUT2D eigenvalue weighted by molar-refractivity contribution is 5.80. The van der Waals surface area contributed by atoms with Crippen molar-refractivity contribution in [2.24, 2.45) is 4.99 Å². The second-order valence-corrected chi connectivity index (χ2v) is 6.52. The van der Waals surface area contributed by atoms with Crippen LogP contribution in [0.4, 0.5) is 0 Å². The summed E-state index contributed by atoms with van der Waals surface area (Å²) in [6.07, 6.45) is 8.77. The minimum absolute atomic E-state index is 0.417. The van der Waals surface area contributed by atoms with E-state index < -0.39 is 0 Å². The largest absolute Gasteiger partial charge is 0.354 e. The third-order valence-electron chi connectivity index (χ3n) is 4.24. The van der Waals surface area contributed by atoms with Gasteiger partial charge in [0.05, 0.1) is 6.54 Å². The molecule has 6 heteroatoms. The fourth-order valence-corrected chi connectivity index (χ4v) is 2.48. The standard InChI is InChI=1S/C18H36N6/c1-6-9-10-11-16(5)22-18(21-15(4)7-2)19-12-13-24-14-20-23-17(24)8-3/h14-16H,6-13H2,1-5H3,(H2,19,21,22). The normalized spacial score (nSPS) is 14.5. The van der Waals surface area contributed by atoms with Crippen molar-refractivity contribution in [1.82, 2.24) is 25.4 Å². The van der Waals surface area contributed by atoms with Crippen LogP contribution >= 0.6 is 0 Å². The lowest BCUT2D eigenvalue weighted by Gasteiger charge is -2.21. The molecule has 0 aliphatic carbocycles. The summed E-state index contributed by atoms with van der Waals surface area (Å²) in [4.78, 5) is 4.75. The fraction of sp³-hybridized carbons (Fsp3) is 0.833. The smallest absolute Gasteiger partial charge is 0.191 e. The highest BCUT2D eigenvalue weighted by atomic mass is 15.3. The van der Waals surface area contributed by atoms with E-state index in [4.69, 9.17) is 4.99 Å². The van der Waals surface area contributed by atoms with Gasteiger partial charge in [-0.2, -0.15) is 0 Å². The summed E-state index contributed by atoms with van der Waals surface area (Å²) >= 11 is 0. The molecule has 0 aliphatic heterocycles. The molecule has 0 aromatic carbocycles. The first-order valence-electron chi connectivity index (χ1n) is 9.54. The Morgan fingerprint density at radius 3 is 2.58 bits per heavy atom. The van der Waals surface area contributed by atoms with E-state index in [-0.39, 0.29) is 0 Å². The van der Waals surface area contributed by atoms with Gasteiger partial charge in [0, 0.05) is 25.0 Å². The minimum Gasteiger partial charge on any atom is -0.354 e. The van der Waals surface area contributed by atoms with Crippen molar-refractivity contribution in [2.45, 2.75) is 91.8 Å². The molecular weight excluding hydrogens is 300 g/mol. The Hall–Kier alpha value is -1.59. The Balaban J connectivity index is 2.56. The van der Waals surface area contributed by atoms with Gasteiger partial charge >= 0.3 is 0 Å². The molecule has 1 heterocycles. The van der Waals surface area contributed by atoms with Crippen LogP contribution in [0.2, 0.25) is 0 Å². The molecule has 0 amide bonds. The number of aromatic nitrogens is 3. The lowest BCUT2D eigenvalue weighted by atomic mass is 10.1. The van der Waals surface area contributed by atoms with Crippen molar-refractivity contribution in [3.8, 4) is 0 Å². The first kappa shape index (κ1) is 20.5. The quantitative estimate of drug-likeness (QED) is 0.370. The topological polar surface area (TPSA) is 67.1 Å². The summed E-state index contributed by atoms with van der Waals surface area (Å²) in [6, 6.07) is 0.855. The highest BCUT2D eigenvalue weighted by Gasteiger charge is 2.08. The van der Waals surface area contributed by atoms with Crippen LogP contribution < -0.4 is 10.6 Å². The van der Waals surface area contributed by atoms with Gasteiger partial charge in [0.2, 0.25) is 0 Å². The van der Waals surface area contributed by atoms with Crippen molar-refractivity contribution in [2.75, 3.05) is 6.54 Å². The first-order valence-corrected chi connectivity index (χ1v) is 9.54. The van der Waals surface area contributed by atoms with Crippen molar-refractivity contribution in [3.05, 3.63) is 12.2 Å². The highest BCUT2D eigenvalue weighted by Crippen LogP contribution is 2.03. The van der Waals surface area contributed by atoms with Gasteiger partial charge in [0.15, 0.2) is 5.96 Å². The number of unbranched alkanes of at least 4 members (excludes halogenated alkanes) is 2. The number of aryl methyl sites for hydroxylation is 1. The molecule has 0 saturated heterocycles. The summed E-state index contributed by atoms with van der Waals surface area (Å²) < 4.78 is 2.08. The summed E-state index contributed by atoms with van der Waals surface area (Å²) in [5.74, 6) is 1.93. The molecule has 6 nitrogen and oxygen atoms in total. The van der Waals surface area contributed by atoms with E-state index in [0.717, 1.165) is 37.7 Å². The minimum atomic E-state index is 0.417. The van der Waals surface area contributed by atoms with Crippen molar-refractivity contribution < 1.29 is 0 Å². The van der Waals surface area contributed by atoms with Crippen LogP contribution in [-0.4, -0.2) is 39.4 Å². The Morgan fingerprint density at radius 1 is 1.17 bits per heavy atom. The van der Waals surface area contributed by atoms with E-state index in [1.165, 1.54) is 25.7 Å². The zero-order valence-corrected chi connectivity index (χ0v) is 16.2. The van der Waals surface area contributed by atoms with Crippen molar-refractivity contribution in [3.63, 3.8) is 0 Å². The number of hydrogen-bond acceptors (Lipinski definition) is 3. The van der Waals surface area contributed by atoms with E-state index in [1.807, 2.05) is 0 Å². The molecule has 0 fully saturated rings. The number of nitrogens with one attached hydrogen (secondary N) is 2. The average molecular weight is 337 g/mol. The van der Waals surface area contributed by atoms with Crippen LogP contribution in [0.5, 0.6) is 0 Å². The molecule has 0 radical (unpaired) electrons. The Labute approximate surface area is 147 Å². The zero-order valence-electron chi connectivity index (χ0n) is 16.2. The molecule has 24 heavy (non-hydrogen) atoms. The Kier molecular flexibility index (Phi) is 10.1. The summed E-state index contributed by atoms with van der Waals surface area (Å²) in [5.41, 5.74) is 0. The molecule has 2 atom stereocenters. The third-order valence-corrected chi connectivity index (χ3v) is 4.24. The predicted octanol–water partition coefficient (Wildman–Crippen LogP) is 3.14. The Morgan fingerprint density at radius 2 is 1.92 bits per heavy atom. The SMILES string of the molecule is CCCCCC(C)NC(=NCCn1cnnc1CC)NC(C)CC. The molecule has 0 bridgehead atoms. The van der Waals surface area contributed by atoms with Gasteiger partial charge in [-0.25, -0.2) is 0 Å². The van der Waals surface area contributed by atoms with E-state index >= 15 is 0 Å². The molecule has 2 N–H and O–H groups in total. The van der Waals surface area contributed by atoms with E-state index in [0.29, 0.717) is 12.1 Å². The van der Waals surface area contributed by atoms with Gasteiger partial charge in [-0.1, -0.05) is 40.0 Å². The van der Waals surface area contributed by atoms with Crippen LogP contribution in [-0.2, 0) is 13.0 Å². The number of rotatable bonds is 11. The molecule has 138 valence electrons. The summed E-state index contributed by atoms with van der Waals surface area (Å²) in [6.45, 7) is 12.5. The van der Waals surface area contributed by atoms with Crippen LogP contribution in [0.25, 0.3) is 0 Å². The van der Waals surface area contributed by atoms with Crippen LogP contribution in [0, 0.1) is 0 Å². The van der Waals surface area contributed by atoms with Crippen LogP contribution in [0.15, 0.2) is 11.3 Å². The lowest BCUT2D eigenvalue weighted by molar-refractivity contribution is 0.534. The van der Waals surface area contributed by atoms with E-state index in [9.17, 15) is 0 Å². The van der Waals surface area contributed by atoms with Gasteiger partial charge in [0.1, 0.15) is 12.2 Å². The number of aliphatic imine (C=N–C) groups is 1. The maximum atomic E-state index is 4.75. The molecular formula is C18H36N6. The molecule has 1 aromatic heterocycles. The van der Waals surface area contributed by atoms with Crippen LogP contribution in [0.1, 0.15) is 72.5 Å². The fourth-order valence-electron chi connectivity index (χ4n) is 2.48. The number of guanidine groups is 1. The Bertz CT molecular complexity index is 468. The van der Waals surface area contributed by atoms with Gasteiger partial charge in [0.25, 0.3) is 0 Å². The second-order valence-electron chi connectivity index (χ2n) is 6.52. The summed E-state index contributed by atoms with van der Waals surface area (Å²) in [7, 11) is 0. The maximum absolute atomic E-state index is 4.75. The van der Waals surface area contributed by atoms with E-state index in [2.05, 4.69) is 60.0 Å². The molecule has 1 aromatic rings.